The fourth-order valence-corrected chi connectivity index (χ4v) is 0.763. The molecule has 2 N–H and O–H groups in total. The normalized spacial score (nSPS) is 9.24. The summed E-state index contributed by atoms with van der Waals surface area (Å²) in [7, 11) is 1.46. The first-order valence-corrected chi connectivity index (χ1v) is 5.52. The maximum absolute atomic E-state index is 11.2. The molecule has 0 saturated heterocycles. The molecule has 0 fully saturated rings. The zero-order valence-corrected chi connectivity index (χ0v) is 11.5. The molecule has 0 aromatic rings. The van der Waals surface area contributed by atoms with Crippen LogP contribution in [0.4, 0.5) is 0 Å². The quantitative estimate of drug-likeness (QED) is 0.343. The number of likely N-dealkylation sites (N-methyl/N-ethyl adjacent to an activating group) is 1. The third-order valence-electron chi connectivity index (χ3n) is 1.36. The van der Waals surface area contributed by atoms with Gasteiger partial charge in [0.25, 0.3) is 5.91 Å². The average Bonchev–Trinajstić information content (AvgIpc) is 2.39. The van der Waals surface area contributed by atoms with Crippen LogP contribution in [0, 0.1) is 0 Å². The number of aliphatic imine (C=N–C) groups is 1. The van der Waals surface area contributed by atoms with Crippen LogP contribution in [-0.2, 0) is 4.79 Å². The van der Waals surface area contributed by atoms with Crippen LogP contribution in [0.1, 0.15) is 27.7 Å². The van der Waals surface area contributed by atoms with Crippen molar-refractivity contribution in [2.45, 2.75) is 27.7 Å². The predicted molar refractivity (Wildman–Crippen MR) is 75.3 cm³/mol. The van der Waals surface area contributed by atoms with Crippen LogP contribution in [-0.4, -0.2) is 24.8 Å². The lowest BCUT2D eigenvalue weighted by molar-refractivity contribution is -0.116. The molecule has 17 heavy (non-hydrogen) atoms. The van der Waals surface area contributed by atoms with E-state index in [2.05, 4.69) is 30.2 Å². The van der Waals surface area contributed by atoms with Gasteiger partial charge in [0.2, 0.25) is 0 Å². The fraction of sp³-hybridized carbons (Fsp3) is 0.385. The highest BCUT2D eigenvalue weighted by Gasteiger charge is 2.11. The smallest absolute Gasteiger partial charge is 0.253 e. The summed E-state index contributed by atoms with van der Waals surface area (Å²) in [5, 5.41) is 11.4. The van der Waals surface area contributed by atoms with Crippen molar-refractivity contribution < 1.29 is 9.90 Å². The standard InChI is InChI=1S/C9H12N2O2.2C2H6/c1-5-7(9(13)11-4)8(10-3)6(2)12;2*1-2/h5,12H,1-3H2,4H3,(H,11,13);2*1-2H3/b8-7+;;. The highest BCUT2D eigenvalue weighted by molar-refractivity contribution is 5.97. The van der Waals surface area contributed by atoms with E-state index < -0.39 is 5.91 Å². The molecule has 0 aliphatic heterocycles. The first kappa shape index (κ1) is 20.6. The lowest BCUT2D eigenvalue weighted by Gasteiger charge is -2.04. The Morgan fingerprint density at radius 2 is 1.71 bits per heavy atom. The van der Waals surface area contributed by atoms with Crippen LogP contribution in [0.5, 0.6) is 0 Å². The van der Waals surface area contributed by atoms with Crippen LogP contribution in [0.15, 0.2) is 41.3 Å². The minimum absolute atomic E-state index is 0.0364. The van der Waals surface area contributed by atoms with Crippen LogP contribution >= 0.6 is 0 Å². The van der Waals surface area contributed by atoms with Crippen molar-refractivity contribution in [3.05, 3.63) is 36.3 Å². The van der Waals surface area contributed by atoms with E-state index in [1.165, 1.54) is 13.1 Å². The number of amides is 1. The molecule has 98 valence electrons. The minimum atomic E-state index is -0.396. The van der Waals surface area contributed by atoms with Crippen LogP contribution in [0.3, 0.4) is 0 Å². The highest BCUT2D eigenvalue weighted by atomic mass is 16.3. The summed E-state index contributed by atoms with van der Waals surface area (Å²) in [6.45, 7) is 17.9. The van der Waals surface area contributed by atoms with Gasteiger partial charge in [0, 0.05) is 7.05 Å². The molecule has 0 saturated carbocycles. The van der Waals surface area contributed by atoms with E-state index in [4.69, 9.17) is 5.11 Å². The molecule has 0 aromatic carbocycles. The van der Waals surface area contributed by atoms with Crippen molar-refractivity contribution in [2.75, 3.05) is 7.05 Å². The summed E-state index contributed by atoms with van der Waals surface area (Å²) >= 11 is 0. The zero-order valence-electron chi connectivity index (χ0n) is 11.5. The number of carbonyl (C=O) groups excluding carboxylic acids is 1. The molecule has 0 bridgehead atoms. The van der Waals surface area contributed by atoms with E-state index in [0.29, 0.717) is 0 Å². The number of aliphatic hydroxyl groups excluding tert-OH is 1. The predicted octanol–water partition coefficient (Wildman–Crippen LogP) is 3.00. The van der Waals surface area contributed by atoms with Gasteiger partial charge in [-0.1, -0.05) is 46.9 Å². The van der Waals surface area contributed by atoms with Crippen molar-refractivity contribution >= 4 is 12.6 Å². The van der Waals surface area contributed by atoms with Gasteiger partial charge in [-0.2, -0.15) is 0 Å². The topological polar surface area (TPSA) is 61.7 Å². The summed E-state index contributed by atoms with van der Waals surface area (Å²) in [6, 6.07) is 0. The lowest BCUT2D eigenvalue weighted by Crippen LogP contribution is -2.20. The monoisotopic (exact) mass is 240 g/mol. The number of nitrogens with one attached hydrogen (secondary N) is 1. The van der Waals surface area contributed by atoms with E-state index in [9.17, 15) is 4.79 Å². The van der Waals surface area contributed by atoms with Crippen molar-refractivity contribution in [2.24, 2.45) is 4.99 Å². The van der Waals surface area contributed by atoms with Crippen LogP contribution in [0.25, 0.3) is 0 Å². The molecule has 0 spiro atoms. The summed E-state index contributed by atoms with van der Waals surface area (Å²) in [5.74, 6) is -0.707. The van der Waals surface area contributed by atoms with E-state index in [1.54, 1.807) is 0 Å². The van der Waals surface area contributed by atoms with Gasteiger partial charge in [0.05, 0.1) is 5.57 Å². The van der Waals surface area contributed by atoms with E-state index in [0.717, 1.165) is 0 Å². The largest absolute Gasteiger partial charge is 0.506 e. The fourth-order valence-electron chi connectivity index (χ4n) is 0.763. The van der Waals surface area contributed by atoms with Crippen molar-refractivity contribution in [3.63, 3.8) is 0 Å². The maximum Gasteiger partial charge on any atom is 0.253 e. The number of aliphatic hydroxyl groups is 1. The molecule has 0 radical (unpaired) electrons. The summed E-state index contributed by atoms with van der Waals surface area (Å²) < 4.78 is 0. The molecule has 0 aliphatic rings. The van der Waals surface area contributed by atoms with Gasteiger partial charge in [-0.15, -0.1) is 0 Å². The molecule has 0 atom stereocenters. The number of rotatable bonds is 4. The molecule has 0 heterocycles. The molecule has 0 aromatic heterocycles. The first-order chi connectivity index (χ1) is 8.08. The molecule has 1 amide bonds. The third-order valence-corrected chi connectivity index (χ3v) is 1.36. The van der Waals surface area contributed by atoms with Gasteiger partial charge in [-0.25, -0.2) is 0 Å². The van der Waals surface area contributed by atoms with E-state index in [1.807, 2.05) is 27.7 Å². The summed E-state index contributed by atoms with van der Waals surface area (Å²) in [6.07, 6.45) is 1.28. The highest BCUT2D eigenvalue weighted by Crippen LogP contribution is 2.13. The van der Waals surface area contributed by atoms with Crippen LogP contribution in [0.2, 0.25) is 0 Å². The van der Waals surface area contributed by atoms with Crippen molar-refractivity contribution in [1.29, 1.82) is 0 Å². The Morgan fingerprint density at radius 3 is 1.88 bits per heavy atom. The van der Waals surface area contributed by atoms with Gasteiger partial charge in [0.1, 0.15) is 11.5 Å². The Bertz CT molecular complexity index is 292. The third kappa shape index (κ3) is 8.02. The van der Waals surface area contributed by atoms with E-state index >= 15 is 0 Å². The molecule has 0 rings (SSSR count). The SMILES string of the molecule is C=C/C(C(=O)NC)=C(\N=C)C(=C)O.CC.CC. The number of hydrogen-bond donors (Lipinski definition) is 2. The molecule has 0 aliphatic carbocycles. The molecule has 4 heteroatoms. The molecule has 4 nitrogen and oxygen atoms in total. The molecular formula is C13H24N2O2. The molecular weight excluding hydrogens is 216 g/mol. The average molecular weight is 240 g/mol. The minimum Gasteiger partial charge on any atom is -0.506 e. The Morgan fingerprint density at radius 1 is 1.29 bits per heavy atom. The van der Waals surface area contributed by atoms with Gasteiger partial charge in [-0.05, 0) is 6.72 Å². The number of carbonyl (C=O) groups is 1. The second-order valence-corrected chi connectivity index (χ2v) is 2.15. The van der Waals surface area contributed by atoms with Gasteiger partial charge >= 0.3 is 0 Å². The molecule has 0 unspecified atom stereocenters. The van der Waals surface area contributed by atoms with Gasteiger partial charge in [-0.3, -0.25) is 9.79 Å². The van der Waals surface area contributed by atoms with Gasteiger partial charge < -0.3 is 10.4 Å². The second-order valence-electron chi connectivity index (χ2n) is 2.15. The maximum atomic E-state index is 11.2. The van der Waals surface area contributed by atoms with Crippen molar-refractivity contribution in [1.82, 2.24) is 5.32 Å². The first-order valence-electron chi connectivity index (χ1n) is 5.52. The summed E-state index contributed by atoms with van der Waals surface area (Å²) in [5.41, 5.74) is 0.180. The summed E-state index contributed by atoms with van der Waals surface area (Å²) in [4.78, 5) is 14.6. The van der Waals surface area contributed by atoms with Crippen molar-refractivity contribution in [3.8, 4) is 0 Å². The number of nitrogens with zero attached hydrogens (tertiary/aromatic N) is 1. The Hall–Kier alpha value is -1.84. The Kier molecular flexibility index (Phi) is 17.1. The zero-order chi connectivity index (χ0) is 14.4. The van der Waals surface area contributed by atoms with E-state index in [-0.39, 0.29) is 17.0 Å². The Balaban J connectivity index is -0.000000439. The number of hydrogen-bond acceptors (Lipinski definition) is 3. The second kappa shape index (κ2) is 14.2. The Labute approximate surface area is 104 Å². The lowest BCUT2D eigenvalue weighted by atomic mass is 10.1. The van der Waals surface area contributed by atoms with Gasteiger partial charge in [0.15, 0.2) is 0 Å². The van der Waals surface area contributed by atoms with Crippen LogP contribution < -0.4 is 5.32 Å².